The van der Waals surface area contributed by atoms with Crippen LogP contribution in [0.3, 0.4) is 0 Å². The van der Waals surface area contributed by atoms with Gasteiger partial charge in [0, 0.05) is 11.9 Å². The number of aromatic carboxylic acids is 1. The van der Waals surface area contributed by atoms with Gasteiger partial charge in [-0.1, -0.05) is 18.2 Å². The van der Waals surface area contributed by atoms with Gasteiger partial charge < -0.3 is 15.7 Å². The van der Waals surface area contributed by atoms with Crippen LogP contribution in [-0.2, 0) is 6.18 Å². The summed E-state index contributed by atoms with van der Waals surface area (Å²) in [6.45, 7) is 0. The van der Waals surface area contributed by atoms with Gasteiger partial charge in [0.15, 0.2) is 0 Å². The Labute approximate surface area is 151 Å². The molecule has 0 saturated heterocycles. The average molecular weight is 374 g/mol. The van der Waals surface area contributed by atoms with E-state index in [1.807, 2.05) is 0 Å². The molecule has 2 aromatic carbocycles. The number of aromatic nitrogens is 2. The first kappa shape index (κ1) is 18.2. The molecule has 0 unspecified atom stereocenters. The maximum absolute atomic E-state index is 12.8. The number of hydrogen-bond donors (Lipinski definition) is 3. The zero-order valence-corrected chi connectivity index (χ0v) is 13.7. The summed E-state index contributed by atoms with van der Waals surface area (Å²) in [6, 6.07) is 12.4. The highest BCUT2D eigenvalue weighted by Gasteiger charge is 2.30. The summed E-state index contributed by atoms with van der Waals surface area (Å²) in [5.74, 6) is -0.755. The van der Waals surface area contributed by atoms with Crippen molar-refractivity contribution in [1.82, 2.24) is 9.97 Å². The van der Waals surface area contributed by atoms with Crippen LogP contribution in [0.25, 0.3) is 0 Å². The normalized spacial score (nSPS) is 11.1. The molecule has 138 valence electrons. The first-order valence-electron chi connectivity index (χ1n) is 7.69. The molecule has 3 N–H and O–H groups in total. The summed E-state index contributed by atoms with van der Waals surface area (Å²) >= 11 is 0. The van der Waals surface area contributed by atoms with E-state index in [0.717, 1.165) is 12.1 Å². The van der Waals surface area contributed by atoms with Crippen molar-refractivity contribution in [2.75, 3.05) is 10.6 Å². The second-order valence-electron chi connectivity index (χ2n) is 5.44. The van der Waals surface area contributed by atoms with Crippen LogP contribution >= 0.6 is 0 Å². The number of rotatable bonds is 5. The lowest BCUT2D eigenvalue weighted by molar-refractivity contribution is -0.137. The Balaban J connectivity index is 1.82. The number of carboxylic acids is 1. The molecule has 0 fully saturated rings. The SMILES string of the molecule is O=C(O)c1ccccc1Nc1ccnc(Nc2cccc(C(F)(F)F)c2)n1. The topological polar surface area (TPSA) is 87.1 Å². The van der Waals surface area contributed by atoms with Crippen molar-refractivity contribution in [2.45, 2.75) is 6.18 Å². The van der Waals surface area contributed by atoms with Crippen LogP contribution in [-0.4, -0.2) is 21.0 Å². The molecule has 1 aromatic heterocycles. The van der Waals surface area contributed by atoms with Crippen molar-refractivity contribution in [3.63, 3.8) is 0 Å². The average Bonchev–Trinajstić information content (AvgIpc) is 2.62. The Hall–Kier alpha value is -3.62. The van der Waals surface area contributed by atoms with E-state index in [4.69, 9.17) is 0 Å². The lowest BCUT2D eigenvalue weighted by Gasteiger charge is -2.11. The van der Waals surface area contributed by atoms with Gasteiger partial charge in [-0.05, 0) is 36.4 Å². The molecule has 3 aromatic rings. The third-order valence-corrected chi connectivity index (χ3v) is 3.52. The van der Waals surface area contributed by atoms with Crippen LogP contribution in [0.2, 0.25) is 0 Å². The van der Waals surface area contributed by atoms with E-state index >= 15 is 0 Å². The van der Waals surface area contributed by atoms with E-state index < -0.39 is 17.7 Å². The highest BCUT2D eigenvalue weighted by atomic mass is 19.4. The fourth-order valence-electron chi connectivity index (χ4n) is 2.31. The number of benzene rings is 2. The lowest BCUT2D eigenvalue weighted by Crippen LogP contribution is -2.06. The Bertz CT molecular complexity index is 977. The molecule has 0 atom stereocenters. The minimum atomic E-state index is -4.46. The second-order valence-corrected chi connectivity index (χ2v) is 5.44. The highest BCUT2D eigenvalue weighted by Crippen LogP contribution is 2.31. The van der Waals surface area contributed by atoms with Gasteiger partial charge in [0.25, 0.3) is 0 Å². The number of carboxylic acid groups (broad SMARTS) is 1. The maximum Gasteiger partial charge on any atom is 0.416 e. The zero-order valence-electron chi connectivity index (χ0n) is 13.7. The van der Waals surface area contributed by atoms with Gasteiger partial charge >= 0.3 is 12.1 Å². The van der Waals surface area contributed by atoms with Gasteiger partial charge in [0.05, 0.1) is 16.8 Å². The van der Waals surface area contributed by atoms with Crippen molar-refractivity contribution in [1.29, 1.82) is 0 Å². The van der Waals surface area contributed by atoms with Crippen molar-refractivity contribution >= 4 is 29.1 Å². The van der Waals surface area contributed by atoms with Crippen LogP contribution in [0.15, 0.2) is 60.8 Å². The quantitative estimate of drug-likeness (QED) is 0.601. The first-order valence-corrected chi connectivity index (χ1v) is 7.69. The summed E-state index contributed by atoms with van der Waals surface area (Å²) in [5.41, 5.74) is -0.234. The van der Waals surface area contributed by atoms with E-state index in [-0.39, 0.29) is 23.0 Å². The molecule has 0 aliphatic carbocycles. The number of nitrogens with one attached hydrogen (secondary N) is 2. The monoisotopic (exact) mass is 374 g/mol. The van der Waals surface area contributed by atoms with Crippen molar-refractivity contribution in [3.05, 3.63) is 71.9 Å². The number of carbonyl (C=O) groups is 1. The number of para-hydroxylation sites is 1. The molecule has 0 saturated carbocycles. The number of hydrogen-bond acceptors (Lipinski definition) is 5. The molecule has 27 heavy (non-hydrogen) atoms. The Morgan fingerprint density at radius 3 is 2.52 bits per heavy atom. The van der Waals surface area contributed by atoms with Crippen LogP contribution < -0.4 is 10.6 Å². The molecule has 6 nitrogen and oxygen atoms in total. The molecule has 0 radical (unpaired) electrons. The van der Waals surface area contributed by atoms with Crippen LogP contribution in [0.5, 0.6) is 0 Å². The molecule has 0 aliphatic heterocycles. The zero-order chi connectivity index (χ0) is 19.4. The summed E-state index contributed by atoms with van der Waals surface area (Å²) < 4.78 is 38.4. The summed E-state index contributed by atoms with van der Waals surface area (Å²) in [6.07, 6.45) is -3.06. The van der Waals surface area contributed by atoms with Crippen molar-refractivity contribution < 1.29 is 23.1 Å². The summed E-state index contributed by atoms with van der Waals surface area (Å²) in [7, 11) is 0. The minimum Gasteiger partial charge on any atom is -0.478 e. The summed E-state index contributed by atoms with van der Waals surface area (Å²) in [4.78, 5) is 19.4. The predicted octanol–water partition coefficient (Wildman–Crippen LogP) is 4.68. The van der Waals surface area contributed by atoms with E-state index in [1.165, 1.54) is 30.5 Å². The van der Waals surface area contributed by atoms with E-state index in [9.17, 15) is 23.1 Å². The largest absolute Gasteiger partial charge is 0.478 e. The molecule has 0 amide bonds. The van der Waals surface area contributed by atoms with Gasteiger partial charge in [-0.2, -0.15) is 18.2 Å². The predicted molar refractivity (Wildman–Crippen MR) is 93.4 cm³/mol. The maximum atomic E-state index is 12.8. The van der Waals surface area contributed by atoms with Crippen molar-refractivity contribution in [2.24, 2.45) is 0 Å². The van der Waals surface area contributed by atoms with Gasteiger partial charge in [-0.25, -0.2) is 9.78 Å². The Morgan fingerprint density at radius 1 is 1.00 bits per heavy atom. The molecular formula is C18H13F3N4O2. The molecule has 0 aliphatic rings. The summed E-state index contributed by atoms with van der Waals surface area (Å²) in [5, 5.41) is 14.8. The standard InChI is InChI=1S/C18H13F3N4O2/c19-18(20,21)11-4-3-5-12(10-11)23-17-22-9-8-15(25-17)24-14-7-2-1-6-13(14)16(26)27/h1-10H,(H,26,27)(H2,22,23,24,25). The third kappa shape index (κ3) is 4.51. The van der Waals surface area contributed by atoms with Crippen molar-refractivity contribution in [3.8, 4) is 0 Å². The van der Waals surface area contributed by atoms with Crippen LogP contribution in [0.1, 0.15) is 15.9 Å². The fourth-order valence-corrected chi connectivity index (χ4v) is 2.31. The molecule has 9 heteroatoms. The van der Waals surface area contributed by atoms with E-state index in [0.29, 0.717) is 5.69 Å². The number of nitrogens with zero attached hydrogens (tertiary/aromatic N) is 2. The number of halogens is 3. The number of alkyl halides is 3. The van der Waals surface area contributed by atoms with Gasteiger partial charge in [-0.15, -0.1) is 0 Å². The molecule has 3 rings (SSSR count). The highest BCUT2D eigenvalue weighted by molar-refractivity contribution is 5.95. The number of anilines is 4. The van der Waals surface area contributed by atoms with Gasteiger partial charge in [-0.3, -0.25) is 0 Å². The second kappa shape index (κ2) is 7.32. The minimum absolute atomic E-state index is 0.0588. The third-order valence-electron chi connectivity index (χ3n) is 3.52. The molecule has 0 spiro atoms. The van der Waals surface area contributed by atoms with Gasteiger partial charge in [0.2, 0.25) is 5.95 Å². The smallest absolute Gasteiger partial charge is 0.416 e. The Morgan fingerprint density at radius 2 is 1.78 bits per heavy atom. The lowest BCUT2D eigenvalue weighted by atomic mass is 10.2. The van der Waals surface area contributed by atoms with E-state index in [1.54, 1.807) is 18.2 Å². The molecular weight excluding hydrogens is 361 g/mol. The van der Waals surface area contributed by atoms with Crippen LogP contribution in [0, 0.1) is 0 Å². The molecule has 0 bridgehead atoms. The first-order chi connectivity index (χ1) is 12.8. The molecule has 1 heterocycles. The fraction of sp³-hybridized carbons (Fsp3) is 0.0556. The van der Waals surface area contributed by atoms with Crippen LogP contribution in [0.4, 0.5) is 36.3 Å². The van der Waals surface area contributed by atoms with Gasteiger partial charge in [0.1, 0.15) is 5.82 Å². The Kier molecular flexibility index (Phi) is 4.93. The van der Waals surface area contributed by atoms with E-state index in [2.05, 4.69) is 20.6 Å².